The van der Waals surface area contributed by atoms with Gasteiger partial charge in [0.05, 0.1) is 7.11 Å². The minimum absolute atomic E-state index is 0.125. The predicted octanol–water partition coefficient (Wildman–Crippen LogP) is 4.66. The number of aryl methyl sites for hydroxylation is 1. The number of benzene rings is 2. The summed E-state index contributed by atoms with van der Waals surface area (Å²) in [6.07, 6.45) is 4.44. The van der Waals surface area contributed by atoms with Crippen LogP contribution in [-0.2, 0) is 6.42 Å². The van der Waals surface area contributed by atoms with E-state index in [1.165, 1.54) is 12.0 Å². The van der Waals surface area contributed by atoms with Gasteiger partial charge in [-0.1, -0.05) is 30.3 Å². The Morgan fingerprint density at radius 1 is 1.11 bits per heavy atom. The molecule has 0 bridgehead atoms. The van der Waals surface area contributed by atoms with Gasteiger partial charge in [-0.2, -0.15) is 0 Å². The van der Waals surface area contributed by atoms with E-state index in [1.807, 2.05) is 47.4 Å². The molecule has 4 nitrogen and oxygen atoms in total. The molecule has 1 fully saturated rings. The number of hydrogen-bond acceptors (Lipinski definition) is 2. The molecule has 4 heteroatoms. The highest BCUT2D eigenvalue weighted by atomic mass is 16.5. The van der Waals surface area contributed by atoms with Crippen LogP contribution in [0.4, 0.5) is 0 Å². The number of rotatable bonds is 5. The summed E-state index contributed by atoms with van der Waals surface area (Å²) in [6, 6.07) is 18.3. The number of amides is 1. The molecule has 1 aliphatic heterocycles. The minimum atomic E-state index is 0.125. The number of H-pyrrole nitrogens is 1. The Kier molecular flexibility index (Phi) is 5.14. The summed E-state index contributed by atoms with van der Waals surface area (Å²) in [5.41, 5.74) is 3.08. The molecule has 0 spiro atoms. The van der Waals surface area contributed by atoms with Crippen molar-refractivity contribution in [1.82, 2.24) is 9.88 Å². The lowest BCUT2D eigenvalue weighted by molar-refractivity contribution is 0.0682. The number of methoxy groups -OCH3 is 1. The Hall–Kier alpha value is -2.75. The van der Waals surface area contributed by atoms with Crippen LogP contribution in [0.1, 0.15) is 35.3 Å². The molecule has 0 unspecified atom stereocenters. The molecule has 1 N–H and O–H groups in total. The Morgan fingerprint density at radius 3 is 2.56 bits per heavy atom. The SMILES string of the molecule is COc1ccc(CCC2CCN(C(=O)c3cc4ccccc4[nH]3)CC2)cc1. The van der Waals surface area contributed by atoms with E-state index in [-0.39, 0.29) is 5.91 Å². The van der Waals surface area contributed by atoms with E-state index in [0.717, 1.165) is 49.0 Å². The normalized spacial score (nSPS) is 15.2. The quantitative estimate of drug-likeness (QED) is 0.717. The number of carbonyl (C=O) groups is 1. The first kappa shape index (κ1) is 17.7. The molecule has 1 aromatic heterocycles. The second-order valence-electron chi connectivity index (χ2n) is 7.39. The first-order chi connectivity index (χ1) is 13.2. The van der Waals surface area contributed by atoms with Crippen LogP contribution in [0.15, 0.2) is 54.6 Å². The third kappa shape index (κ3) is 4.00. The van der Waals surface area contributed by atoms with E-state index in [9.17, 15) is 4.79 Å². The van der Waals surface area contributed by atoms with Crippen LogP contribution < -0.4 is 4.74 Å². The topological polar surface area (TPSA) is 45.3 Å². The number of para-hydroxylation sites is 1. The zero-order valence-corrected chi connectivity index (χ0v) is 15.8. The molecule has 2 aromatic carbocycles. The van der Waals surface area contributed by atoms with Crippen LogP contribution in [-0.4, -0.2) is 36.0 Å². The summed E-state index contributed by atoms with van der Waals surface area (Å²) >= 11 is 0. The molecule has 0 radical (unpaired) electrons. The van der Waals surface area contributed by atoms with Crippen molar-refractivity contribution in [2.24, 2.45) is 5.92 Å². The predicted molar refractivity (Wildman–Crippen MR) is 108 cm³/mol. The standard InChI is InChI=1S/C23H26N2O2/c1-27-20-10-8-17(9-11-20)6-7-18-12-14-25(15-13-18)23(26)22-16-19-4-2-3-5-21(19)24-22/h2-5,8-11,16,18,24H,6-7,12-15H2,1H3. The highest BCUT2D eigenvalue weighted by molar-refractivity contribution is 5.98. The van der Waals surface area contributed by atoms with Crippen molar-refractivity contribution in [3.63, 3.8) is 0 Å². The van der Waals surface area contributed by atoms with E-state index in [0.29, 0.717) is 11.6 Å². The first-order valence-electron chi connectivity index (χ1n) is 9.73. The zero-order valence-electron chi connectivity index (χ0n) is 15.8. The molecule has 1 aliphatic rings. The van der Waals surface area contributed by atoms with E-state index in [2.05, 4.69) is 17.1 Å². The number of aromatic amines is 1. The number of piperidine rings is 1. The molecule has 1 amide bonds. The van der Waals surface area contributed by atoms with Crippen LogP contribution in [0, 0.1) is 5.92 Å². The highest BCUT2D eigenvalue weighted by Crippen LogP contribution is 2.25. The van der Waals surface area contributed by atoms with Gasteiger partial charge < -0.3 is 14.6 Å². The molecule has 0 aliphatic carbocycles. The molecular weight excluding hydrogens is 336 g/mol. The van der Waals surface area contributed by atoms with Gasteiger partial charge >= 0.3 is 0 Å². The zero-order chi connectivity index (χ0) is 18.6. The summed E-state index contributed by atoms with van der Waals surface area (Å²) < 4.78 is 5.21. The number of hydrogen-bond donors (Lipinski definition) is 1. The number of likely N-dealkylation sites (tertiary alicyclic amines) is 1. The largest absolute Gasteiger partial charge is 0.497 e. The lowest BCUT2D eigenvalue weighted by Gasteiger charge is -2.31. The number of carbonyl (C=O) groups excluding carboxylic acids is 1. The maximum atomic E-state index is 12.8. The van der Waals surface area contributed by atoms with Gasteiger partial charge in [-0.3, -0.25) is 4.79 Å². The van der Waals surface area contributed by atoms with Crippen LogP contribution in [0.25, 0.3) is 10.9 Å². The fourth-order valence-electron chi connectivity index (χ4n) is 3.95. The van der Waals surface area contributed by atoms with Crippen LogP contribution >= 0.6 is 0 Å². The average Bonchev–Trinajstić information content (AvgIpc) is 3.17. The van der Waals surface area contributed by atoms with Crippen molar-refractivity contribution in [1.29, 1.82) is 0 Å². The summed E-state index contributed by atoms with van der Waals surface area (Å²) in [7, 11) is 1.69. The summed E-state index contributed by atoms with van der Waals surface area (Å²) in [5, 5.41) is 1.09. The molecule has 27 heavy (non-hydrogen) atoms. The molecule has 140 valence electrons. The Bertz CT molecular complexity index is 873. The molecule has 0 saturated carbocycles. The smallest absolute Gasteiger partial charge is 0.270 e. The molecule has 2 heterocycles. The lowest BCUT2D eigenvalue weighted by atomic mass is 9.90. The fourth-order valence-corrected chi connectivity index (χ4v) is 3.95. The van der Waals surface area contributed by atoms with E-state index in [1.54, 1.807) is 7.11 Å². The first-order valence-corrected chi connectivity index (χ1v) is 9.73. The van der Waals surface area contributed by atoms with Gasteiger partial charge in [0.15, 0.2) is 0 Å². The fraction of sp³-hybridized carbons (Fsp3) is 0.348. The van der Waals surface area contributed by atoms with Crippen molar-refractivity contribution >= 4 is 16.8 Å². The van der Waals surface area contributed by atoms with E-state index in [4.69, 9.17) is 4.74 Å². The van der Waals surface area contributed by atoms with Crippen LogP contribution in [0.3, 0.4) is 0 Å². The number of nitrogens with zero attached hydrogens (tertiary/aromatic N) is 1. The van der Waals surface area contributed by atoms with E-state index < -0.39 is 0 Å². The second-order valence-corrected chi connectivity index (χ2v) is 7.39. The van der Waals surface area contributed by atoms with Gasteiger partial charge in [0.1, 0.15) is 11.4 Å². The van der Waals surface area contributed by atoms with Crippen molar-refractivity contribution < 1.29 is 9.53 Å². The van der Waals surface area contributed by atoms with Crippen molar-refractivity contribution in [3.05, 3.63) is 65.9 Å². The molecule has 4 rings (SSSR count). The molecule has 0 atom stereocenters. The molecule has 1 saturated heterocycles. The van der Waals surface area contributed by atoms with Gasteiger partial charge in [-0.25, -0.2) is 0 Å². The van der Waals surface area contributed by atoms with E-state index >= 15 is 0 Å². The van der Waals surface area contributed by atoms with Crippen molar-refractivity contribution in [2.45, 2.75) is 25.7 Å². The van der Waals surface area contributed by atoms with Gasteiger partial charge in [0, 0.05) is 24.0 Å². The average molecular weight is 362 g/mol. The monoisotopic (exact) mass is 362 g/mol. The highest BCUT2D eigenvalue weighted by Gasteiger charge is 2.24. The Morgan fingerprint density at radius 2 is 1.85 bits per heavy atom. The van der Waals surface area contributed by atoms with Crippen molar-refractivity contribution in [3.8, 4) is 5.75 Å². The van der Waals surface area contributed by atoms with Gasteiger partial charge in [-0.15, -0.1) is 0 Å². The number of fused-ring (bicyclic) bond motifs is 1. The molecular formula is C23H26N2O2. The van der Waals surface area contributed by atoms with Crippen LogP contribution in [0.2, 0.25) is 0 Å². The number of aromatic nitrogens is 1. The third-order valence-corrected chi connectivity index (χ3v) is 5.66. The Labute approximate surface area is 160 Å². The minimum Gasteiger partial charge on any atom is -0.497 e. The van der Waals surface area contributed by atoms with Gasteiger partial charge in [0.2, 0.25) is 0 Å². The maximum absolute atomic E-state index is 12.8. The number of ether oxygens (including phenoxy) is 1. The summed E-state index contributed by atoms with van der Waals surface area (Å²) in [5.74, 6) is 1.72. The summed E-state index contributed by atoms with van der Waals surface area (Å²) in [6.45, 7) is 1.70. The van der Waals surface area contributed by atoms with Crippen molar-refractivity contribution in [2.75, 3.05) is 20.2 Å². The van der Waals surface area contributed by atoms with Crippen LogP contribution in [0.5, 0.6) is 5.75 Å². The van der Waals surface area contributed by atoms with Gasteiger partial charge in [-0.05, 0) is 61.4 Å². The second kappa shape index (κ2) is 7.87. The lowest BCUT2D eigenvalue weighted by Crippen LogP contribution is -2.38. The number of nitrogens with one attached hydrogen (secondary N) is 1. The maximum Gasteiger partial charge on any atom is 0.270 e. The third-order valence-electron chi connectivity index (χ3n) is 5.66. The Balaban J connectivity index is 1.29. The summed E-state index contributed by atoms with van der Waals surface area (Å²) in [4.78, 5) is 18.1. The molecule has 3 aromatic rings. The van der Waals surface area contributed by atoms with Gasteiger partial charge in [0.25, 0.3) is 5.91 Å².